The molecule has 0 bridgehead atoms. The Hall–Kier alpha value is -6.78. The summed E-state index contributed by atoms with van der Waals surface area (Å²) in [7, 11) is 0. The fraction of sp³-hybridized carbons (Fsp3) is 0.400. The Bertz CT molecular complexity index is 3950. The van der Waals surface area contributed by atoms with Gasteiger partial charge >= 0.3 is 0 Å². The zero-order valence-corrected chi connectivity index (χ0v) is 54.2. The highest BCUT2D eigenvalue weighted by molar-refractivity contribution is 7.00. The molecule has 430 valence electrons. The molecule has 0 aromatic heterocycles. The number of anilines is 8. The van der Waals surface area contributed by atoms with Gasteiger partial charge in [0.25, 0.3) is 6.71 Å². The molecule has 0 saturated heterocycles. The molecule has 8 aromatic carbocycles. The monoisotopic (exact) mass is 1110 g/mol. The van der Waals surface area contributed by atoms with Crippen LogP contribution >= 0.6 is 0 Å². The molecule has 1 saturated carbocycles. The average Bonchev–Trinajstić information content (AvgIpc) is 1.26. The number of aryl methyl sites for hydroxylation is 1. The molecule has 0 amide bonds. The van der Waals surface area contributed by atoms with E-state index < -0.39 is 0 Å². The Morgan fingerprint density at radius 3 is 1.50 bits per heavy atom. The summed E-state index contributed by atoms with van der Waals surface area (Å²) in [5.74, 6) is 0. The van der Waals surface area contributed by atoms with Gasteiger partial charge in [0, 0.05) is 50.8 Å². The molecular formula is C80H92BN3. The number of benzene rings is 8. The lowest BCUT2D eigenvalue weighted by Crippen LogP contribution is -2.62. The van der Waals surface area contributed by atoms with Crippen LogP contribution in [0.3, 0.4) is 0 Å². The summed E-state index contributed by atoms with van der Waals surface area (Å²) in [6.45, 7) is 43.4. The van der Waals surface area contributed by atoms with E-state index in [4.69, 9.17) is 0 Å². The number of hydrogen-bond acceptors (Lipinski definition) is 3. The van der Waals surface area contributed by atoms with Crippen LogP contribution in [0, 0.1) is 6.92 Å². The summed E-state index contributed by atoms with van der Waals surface area (Å²) in [5.41, 5.74) is 28.8. The van der Waals surface area contributed by atoms with Gasteiger partial charge in [-0.25, -0.2) is 0 Å². The maximum atomic E-state index is 2.84. The second kappa shape index (κ2) is 18.9. The Labute approximate surface area is 506 Å². The molecule has 13 rings (SSSR count). The molecule has 0 spiro atoms. The van der Waals surface area contributed by atoms with Crippen molar-refractivity contribution in [3.8, 4) is 11.1 Å². The summed E-state index contributed by atoms with van der Waals surface area (Å²) < 4.78 is 0. The van der Waals surface area contributed by atoms with Gasteiger partial charge in [0.05, 0.1) is 11.2 Å². The van der Waals surface area contributed by atoms with Crippen molar-refractivity contribution in [2.45, 2.75) is 207 Å². The van der Waals surface area contributed by atoms with Gasteiger partial charge in [-0.05, 0) is 199 Å². The van der Waals surface area contributed by atoms with Crippen LogP contribution in [0.2, 0.25) is 0 Å². The average molecular weight is 1110 g/mol. The van der Waals surface area contributed by atoms with Crippen LogP contribution in [0.15, 0.2) is 158 Å². The predicted molar refractivity (Wildman–Crippen MR) is 363 cm³/mol. The first-order valence-electron chi connectivity index (χ1n) is 31.9. The third-order valence-corrected chi connectivity index (χ3v) is 21.3. The molecule has 3 aliphatic heterocycles. The molecule has 1 fully saturated rings. The van der Waals surface area contributed by atoms with Crippen molar-refractivity contribution in [3.63, 3.8) is 0 Å². The first-order valence-corrected chi connectivity index (χ1v) is 31.9. The number of fused-ring (bicyclic) bond motifs is 8. The first kappa shape index (κ1) is 56.4. The highest BCUT2D eigenvalue weighted by atomic mass is 15.3. The molecule has 2 atom stereocenters. The van der Waals surface area contributed by atoms with Gasteiger partial charge in [-0.1, -0.05) is 227 Å². The Morgan fingerprint density at radius 2 is 0.905 bits per heavy atom. The molecular weight excluding hydrogens is 1010 g/mol. The summed E-state index contributed by atoms with van der Waals surface area (Å²) in [4.78, 5) is 8.30. The standard InChI is InChI=1S/C80H92BN3/c1-51-43-54(73(2,3)4)31-36-65(51)82-68-48-58(84-67-38-33-56(75(8,9)10)45-62(67)80(53-29-23-20-24-30-53)40-26-25-39-79(80,84)18)34-35-63(68)81-64-49-60-61(78(16,17)42-41-77(60,14)15)50-69(64)83(71-47-57(76(11,12)13)46-70(82)72(71)81)66-37-32-55(74(5,6)7)44-59(66)52-27-21-19-22-28-52/h19-24,27-38,43-50H,25-26,39-42H2,1-18H3. The summed E-state index contributed by atoms with van der Waals surface area (Å²) in [6.07, 6.45) is 6.92. The fourth-order valence-electron chi connectivity index (χ4n) is 16.2. The smallest absolute Gasteiger partial charge is 0.252 e. The zero-order chi connectivity index (χ0) is 59.6. The molecule has 3 heterocycles. The molecule has 0 N–H and O–H groups in total. The van der Waals surface area contributed by atoms with E-state index in [0.717, 1.165) is 25.7 Å². The van der Waals surface area contributed by atoms with E-state index in [1.165, 1.54) is 136 Å². The highest BCUT2D eigenvalue weighted by Gasteiger charge is 2.61. The zero-order valence-electron chi connectivity index (χ0n) is 54.2. The van der Waals surface area contributed by atoms with Crippen molar-refractivity contribution in [1.82, 2.24) is 0 Å². The SMILES string of the molecule is Cc1cc(C(C)(C)C)ccc1N1c2cc(N3c4ccc(C(C)(C)C)cc4C4(c5ccccc5)CCCCC34C)ccc2B2c3cc4c(cc3N(c3ccc(C(C)(C)C)cc3-c3ccccc3)c3cc(C(C)(C)C)cc1c32)C(C)(C)CCC4(C)C. The van der Waals surface area contributed by atoms with Crippen molar-refractivity contribution in [2.24, 2.45) is 0 Å². The van der Waals surface area contributed by atoms with Crippen molar-refractivity contribution in [3.05, 3.63) is 208 Å². The second-order valence-corrected chi connectivity index (χ2v) is 31.9. The fourth-order valence-corrected chi connectivity index (χ4v) is 16.2. The first-order chi connectivity index (χ1) is 39.4. The molecule has 4 heteroatoms. The Morgan fingerprint density at radius 1 is 0.393 bits per heavy atom. The number of hydrogen-bond donors (Lipinski definition) is 0. The minimum atomic E-state index is -0.234. The third-order valence-electron chi connectivity index (χ3n) is 21.3. The highest BCUT2D eigenvalue weighted by Crippen LogP contribution is 2.65. The van der Waals surface area contributed by atoms with Crippen LogP contribution in [-0.4, -0.2) is 12.3 Å². The normalized spacial score (nSPS) is 20.4. The second-order valence-electron chi connectivity index (χ2n) is 31.9. The predicted octanol–water partition coefficient (Wildman–Crippen LogP) is 20.1. The van der Waals surface area contributed by atoms with Gasteiger partial charge in [-0.3, -0.25) is 0 Å². The lowest BCUT2D eigenvalue weighted by Gasteiger charge is -2.52. The van der Waals surface area contributed by atoms with Gasteiger partial charge in [-0.2, -0.15) is 0 Å². The van der Waals surface area contributed by atoms with Crippen molar-refractivity contribution in [1.29, 1.82) is 0 Å². The Kier molecular flexibility index (Phi) is 12.7. The van der Waals surface area contributed by atoms with Crippen LogP contribution in [0.25, 0.3) is 11.1 Å². The lowest BCUT2D eigenvalue weighted by atomic mass is 9.33. The van der Waals surface area contributed by atoms with Gasteiger partial charge in [0.2, 0.25) is 0 Å². The van der Waals surface area contributed by atoms with Crippen LogP contribution in [-0.2, 0) is 37.9 Å². The van der Waals surface area contributed by atoms with Crippen LogP contribution in [0.5, 0.6) is 0 Å². The summed E-state index contributed by atoms with van der Waals surface area (Å²) in [6, 6.07) is 63.5. The molecule has 3 nitrogen and oxygen atoms in total. The van der Waals surface area contributed by atoms with E-state index >= 15 is 0 Å². The largest absolute Gasteiger partial charge is 0.334 e. The topological polar surface area (TPSA) is 9.72 Å². The van der Waals surface area contributed by atoms with Crippen molar-refractivity contribution < 1.29 is 0 Å². The van der Waals surface area contributed by atoms with E-state index in [9.17, 15) is 0 Å². The maximum absolute atomic E-state index is 2.84. The van der Waals surface area contributed by atoms with Gasteiger partial charge < -0.3 is 14.7 Å². The molecule has 2 aliphatic carbocycles. The van der Waals surface area contributed by atoms with E-state index in [2.05, 4.69) is 297 Å². The van der Waals surface area contributed by atoms with E-state index in [1.807, 2.05) is 0 Å². The quantitative estimate of drug-likeness (QED) is 0.159. The third kappa shape index (κ3) is 8.55. The van der Waals surface area contributed by atoms with E-state index in [1.54, 1.807) is 0 Å². The minimum Gasteiger partial charge on any atom is -0.334 e. The molecule has 0 radical (unpaired) electrons. The summed E-state index contributed by atoms with van der Waals surface area (Å²) >= 11 is 0. The summed E-state index contributed by atoms with van der Waals surface area (Å²) in [5, 5.41) is 0. The lowest BCUT2D eigenvalue weighted by molar-refractivity contribution is 0.215. The van der Waals surface area contributed by atoms with E-state index in [0.29, 0.717) is 0 Å². The van der Waals surface area contributed by atoms with Crippen LogP contribution < -0.4 is 31.1 Å². The molecule has 2 unspecified atom stereocenters. The molecule has 5 aliphatic rings. The molecule has 84 heavy (non-hydrogen) atoms. The minimum absolute atomic E-state index is 0.000611. The van der Waals surface area contributed by atoms with Gasteiger partial charge in [0.1, 0.15) is 0 Å². The molecule has 8 aromatic rings. The maximum Gasteiger partial charge on any atom is 0.252 e. The van der Waals surface area contributed by atoms with E-state index in [-0.39, 0.29) is 50.2 Å². The number of nitrogens with zero attached hydrogens (tertiary/aromatic N) is 3. The van der Waals surface area contributed by atoms with Crippen molar-refractivity contribution >= 4 is 68.6 Å². The van der Waals surface area contributed by atoms with Crippen LogP contribution in [0.4, 0.5) is 45.5 Å². The van der Waals surface area contributed by atoms with Gasteiger partial charge in [0.15, 0.2) is 0 Å². The van der Waals surface area contributed by atoms with Crippen molar-refractivity contribution in [2.75, 3.05) is 14.7 Å². The van der Waals surface area contributed by atoms with Crippen LogP contribution in [0.1, 0.15) is 206 Å². The van der Waals surface area contributed by atoms with Gasteiger partial charge in [-0.15, -0.1) is 0 Å². The Balaban J connectivity index is 1.15. The number of rotatable bonds is 5.